The highest BCUT2D eigenvalue weighted by molar-refractivity contribution is 5.93. The van der Waals surface area contributed by atoms with E-state index >= 15 is 0 Å². The predicted octanol–water partition coefficient (Wildman–Crippen LogP) is 4.99. The van der Waals surface area contributed by atoms with Crippen LogP contribution in [0.25, 0.3) is 10.9 Å². The topological polar surface area (TPSA) is 74.3 Å². The summed E-state index contributed by atoms with van der Waals surface area (Å²) in [5.41, 5.74) is 5.13. The van der Waals surface area contributed by atoms with Gasteiger partial charge in [0.1, 0.15) is 6.04 Å². The van der Waals surface area contributed by atoms with E-state index in [9.17, 15) is 9.59 Å². The zero-order chi connectivity index (χ0) is 23.8. The van der Waals surface area contributed by atoms with Gasteiger partial charge in [-0.2, -0.15) is 0 Å². The Balaban J connectivity index is 1.14. The van der Waals surface area contributed by atoms with Crippen LogP contribution in [0, 0.1) is 0 Å². The van der Waals surface area contributed by atoms with Crippen molar-refractivity contribution in [3.63, 3.8) is 0 Å². The Bertz CT molecular complexity index is 990. The third-order valence-electron chi connectivity index (χ3n) is 7.30. The van der Waals surface area contributed by atoms with E-state index in [0.717, 1.165) is 57.1 Å². The first-order valence-corrected chi connectivity index (χ1v) is 13.4. The van der Waals surface area contributed by atoms with Crippen molar-refractivity contribution in [3.8, 4) is 0 Å². The minimum Gasteiger partial charge on any atom is -0.384 e. The number of carbonyl (C=O) groups is 2. The molecule has 2 amide bonds. The van der Waals surface area contributed by atoms with E-state index < -0.39 is 0 Å². The van der Waals surface area contributed by atoms with Crippen molar-refractivity contribution >= 4 is 28.4 Å². The molecule has 1 aromatic carbocycles. The van der Waals surface area contributed by atoms with Crippen LogP contribution in [-0.2, 0) is 22.4 Å². The molecule has 0 saturated carbocycles. The number of amides is 2. The van der Waals surface area contributed by atoms with E-state index in [1.807, 2.05) is 6.92 Å². The summed E-state index contributed by atoms with van der Waals surface area (Å²) in [7, 11) is 0. The summed E-state index contributed by atoms with van der Waals surface area (Å²) in [6.45, 7) is 4.38. The Morgan fingerprint density at radius 3 is 2.56 bits per heavy atom. The maximum Gasteiger partial charge on any atom is 0.242 e. The SMILES string of the molecule is CCC(C(=O)NCCCCCCCNc1c2c(nc3ccccc13)CCCC2)N1CCCC1=O. The van der Waals surface area contributed by atoms with Crippen LogP contribution >= 0.6 is 0 Å². The Morgan fingerprint density at radius 1 is 1.00 bits per heavy atom. The Kier molecular flexibility index (Phi) is 8.78. The van der Waals surface area contributed by atoms with E-state index in [2.05, 4.69) is 34.9 Å². The van der Waals surface area contributed by atoms with E-state index in [4.69, 9.17) is 4.98 Å². The van der Waals surface area contributed by atoms with Crippen molar-refractivity contribution in [3.05, 3.63) is 35.5 Å². The first-order chi connectivity index (χ1) is 16.7. The smallest absolute Gasteiger partial charge is 0.242 e. The molecule has 2 N–H and O–H groups in total. The van der Waals surface area contributed by atoms with Crippen LogP contribution in [0.1, 0.15) is 82.4 Å². The molecule has 34 heavy (non-hydrogen) atoms. The lowest BCUT2D eigenvalue weighted by atomic mass is 9.92. The van der Waals surface area contributed by atoms with Crippen LogP contribution in [0.5, 0.6) is 0 Å². The molecule has 0 spiro atoms. The second-order valence-corrected chi connectivity index (χ2v) is 9.74. The number of likely N-dealkylation sites (tertiary alicyclic amines) is 1. The molecule has 2 heterocycles. The maximum absolute atomic E-state index is 12.5. The summed E-state index contributed by atoms with van der Waals surface area (Å²) in [6.07, 6.45) is 12.5. The summed E-state index contributed by atoms with van der Waals surface area (Å²) >= 11 is 0. The summed E-state index contributed by atoms with van der Waals surface area (Å²) in [5.74, 6) is 0.130. The quantitative estimate of drug-likeness (QED) is 0.434. The number of unbranched alkanes of at least 4 members (excludes halogenated alkanes) is 4. The van der Waals surface area contributed by atoms with Gasteiger partial charge in [0, 0.05) is 42.8 Å². The summed E-state index contributed by atoms with van der Waals surface area (Å²) in [6, 6.07) is 8.20. The van der Waals surface area contributed by atoms with Crippen molar-refractivity contribution < 1.29 is 9.59 Å². The van der Waals surface area contributed by atoms with Crippen LogP contribution in [0.15, 0.2) is 24.3 Å². The van der Waals surface area contributed by atoms with Crippen molar-refractivity contribution in [2.45, 2.75) is 90.0 Å². The van der Waals surface area contributed by atoms with Crippen LogP contribution in [0.4, 0.5) is 5.69 Å². The summed E-state index contributed by atoms with van der Waals surface area (Å²) < 4.78 is 0. The number of pyridine rings is 1. The van der Waals surface area contributed by atoms with E-state index in [1.165, 1.54) is 48.0 Å². The number of para-hydroxylation sites is 1. The lowest BCUT2D eigenvalue weighted by Gasteiger charge is -2.25. The lowest BCUT2D eigenvalue weighted by Crippen LogP contribution is -2.47. The number of carbonyl (C=O) groups excluding carboxylic acids is 2. The third-order valence-corrected chi connectivity index (χ3v) is 7.30. The van der Waals surface area contributed by atoms with Gasteiger partial charge < -0.3 is 15.5 Å². The van der Waals surface area contributed by atoms with Crippen LogP contribution in [-0.4, -0.2) is 47.4 Å². The van der Waals surface area contributed by atoms with Gasteiger partial charge in [-0.1, -0.05) is 44.4 Å². The molecular weight excluding hydrogens is 424 g/mol. The van der Waals surface area contributed by atoms with Gasteiger partial charge in [0.15, 0.2) is 0 Å². The highest BCUT2D eigenvalue weighted by Crippen LogP contribution is 2.33. The minimum absolute atomic E-state index is 0.00913. The number of aromatic nitrogens is 1. The Labute approximate surface area is 203 Å². The van der Waals surface area contributed by atoms with Gasteiger partial charge in [-0.3, -0.25) is 14.6 Å². The monoisotopic (exact) mass is 464 g/mol. The molecule has 1 atom stereocenters. The average Bonchev–Trinajstić information content (AvgIpc) is 3.28. The van der Waals surface area contributed by atoms with E-state index in [-0.39, 0.29) is 17.9 Å². The number of aryl methyl sites for hydroxylation is 1. The fourth-order valence-corrected chi connectivity index (χ4v) is 5.44. The Hall–Kier alpha value is -2.63. The number of rotatable bonds is 12. The second-order valence-electron chi connectivity index (χ2n) is 9.74. The number of hydrogen-bond acceptors (Lipinski definition) is 4. The molecule has 1 aromatic heterocycles. The van der Waals surface area contributed by atoms with Crippen molar-refractivity contribution in [1.29, 1.82) is 0 Å². The lowest BCUT2D eigenvalue weighted by molar-refractivity contribution is -0.137. The van der Waals surface area contributed by atoms with Gasteiger partial charge in [0.25, 0.3) is 0 Å². The predicted molar refractivity (Wildman–Crippen MR) is 138 cm³/mol. The molecule has 2 aliphatic rings. The van der Waals surface area contributed by atoms with Crippen molar-refractivity contribution in [1.82, 2.24) is 15.2 Å². The van der Waals surface area contributed by atoms with Crippen LogP contribution in [0.3, 0.4) is 0 Å². The molecule has 0 radical (unpaired) electrons. The summed E-state index contributed by atoms with van der Waals surface area (Å²) in [5, 5.41) is 8.05. The first kappa shape index (κ1) is 24.5. The van der Waals surface area contributed by atoms with Crippen LogP contribution < -0.4 is 10.6 Å². The van der Waals surface area contributed by atoms with Gasteiger partial charge in [-0.05, 0) is 63.0 Å². The molecule has 6 heteroatoms. The number of hydrogen-bond donors (Lipinski definition) is 2. The van der Waals surface area contributed by atoms with Crippen molar-refractivity contribution in [2.24, 2.45) is 0 Å². The summed E-state index contributed by atoms with van der Waals surface area (Å²) in [4.78, 5) is 31.1. The highest BCUT2D eigenvalue weighted by atomic mass is 16.2. The number of fused-ring (bicyclic) bond motifs is 2. The first-order valence-electron chi connectivity index (χ1n) is 13.4. The largest absolute Gasteiger partial charge is 0.384 e. The van der Waals surface area contributed by atoms with Crippen LogP contribution in [0.2, 0.25) is 0 Å². The average molecular weight is 465 g/mol. The van der Waals surface area contributed by atoms with Gasteiger partial charge in [0.2, 0.25) is 11.8 Å². The minimum atomic E-state index is -0.295. The maximum atomic E-state index is 12.5. The van der Waals surface area contributed by atoms with E-state index in [0.29, 0.717) is 19.4 Å². The molecule has 2 aromatic rings. The number of nitrogens with zero attached hydrogens (tertiary/aromatic N) is 2. The molecule has 1 saturated heterocycles. The number of anilines is 1. The standard InChI is InChI=1S/C28H40N4O2/c1-2-25(32-20-12-17-26(32)33)28(34)30-19-11-5-3-4-10-18-29-27-21-13-6-8-15-23(21)31-24-16-9-7-14-22(24)27/h6,8,13,15,25H,2-5,7,9-12,14,16-20H2,1H3,(H,29,31)(H,30,34). The molecule has 4 rings (SSSR count). The van der Waals surface area contributed by atoms with Gasteiger partial charge in [-0.25, -0.2) is 0 Å². The fraction of sp³-hybridized carbons (Fsp3) is 0.607. The van der Waals surface area contributed by atoms with Gasteiger partial charge in [0.05, 0.1) is 5.52 Å². The molecule has 184 valence electrons. The number of nitrogens with one attached hydrogen (secondary N) is 2. The molecule has 1 aliphatic carbocycles. The Morgan fingerprint density at radius 2 is 1.76 bits per heavy atom. The van der Waals surface area contributed by atoms with Gasteiger partial charge in [-0.15, -0.1) is 0 Å². The molecule has 6 nitrogen and oxygen atoms in total. The fourth-order valence-electron chi connectivity index (χ4n) is 5.44. The normalized spacial score (nSPS) is 16.5. The van der Waals surface area contributed by atoms with Gasteiger partial charge >= 0.3 is 0 Å². The van der Waals surface area contributed by atoms with Crippen molar-refractivity contribution in [2.75, 3.05) is 25.0 Å². The second kappa shape index (κ2) is 12.2. The number of benzene rings is 1. The molecule has 1 unspecified atom stereocenters. The molecule has 0 bridgehead atoms. The molecular formula is C28H40N4O2. The van der Waals surface area contributed by atoms with E-state index in [1.54, 1.807) is 4.90 Å². The molecule has 1 fully saturated rings. The molecule has 1 aliphatic heterocycles. The zero-order valence-corrected chi connectivity index (χ0v) is 20.7. The third kappa shape index (κ3) is 5.89. The highest BCUT2D eigenvalue weighted by Gasteiger charge is 2.31. The zero-order valence-electron chi connectivity index (χ0n) is 20.7.